The second-order valence-electron chi connectivity index (χ2n) is 9.17. The van der Waals surface area contributed by atoms with Crippen molar-refractivity contribution in [2.24, 2.45) is 0 Å². The lowest BCUT2D eigenvalue weighted by Crippen LogP contribution is -2.29. The molecule has 1 atom stereocenters. The standard InChI is InChI=1S/C30H27N3O4S2/c1-4-37-23-7-5-6-22(16-23)25-24(26(34)21-14-10-19(3)11-15-21)27(35)28(36)33(25)29-31-32-30(39-29)38-17-20-12-8-18(2)9-13-20/h5-16,25,34H,4,17H2,1-3H3/b26-24+. The molecule has 0 radical (unpaired) electrons. The van der Waals surface area contributed by atoms with E-state index in [0.717, 1.165) is 11.1 Å². The lowest BCUT2D eigenvalue weighted by Gasteiger charge is -2.23. The molecule has 4 aromatic rings. The van der Waals surface area contributed by atoms with Gasteiger partial charge in [-0.05, 0) is 44.0 Å². The van der Waals surface area contributed by atoms with Crippen molar-refractivity contribution >= 4 is 45.7 Å². The van der Waals surface area contributed by atoms with Crippen molar-refractivity contribution in [2.75, 3.05) is 11.5 Å². The van der Waals surface area contributed by atoms with Gasteiger partial charge in [0.05, 0.1) is 18.2 Å². The molecule has 5 rings (SSSR count). The van der Waals surface area contributed by atoms with Crippen LogP contribution < -0.4 is 9.64 Å². The molecule has 1 saturated heterocycles. The van der Waals surface area contributed by atoms with Gasteiger partial charge in [0.1, 0.15) is 11.5 Å². The van der Waals surface area contributed by atoms with Gasteiger partial charge >= 0.3 is 5.91 Å². The van der Waals surface area contributed by atoms with Gasteiger partial charge in [-0.25, -0.2) is 0 Å². The molecule has 0 bridgehead atoms. The molecule has 1 unspecified atom stereocenters. The minimum Gasteiger partial charge on any atom is -0.507 e. The Morgan fingerprint density at radius 2 is 1.69 bits per heavy atom. The number of anilines is 1. The Morgan fingerprint density at radius 1 is 1.00 bits per heavy atom. The molecule has 198 valence electrons. The second-order valence-corrected chi connectivity index (χ2v) is 11.3. The van der Waals surface area contributed by atoms with Crippen LogP contribution in [0.3, 0.4) is 0 Å². The monoisotopic (exact) mass is 557 g/mol. The smallest absolute Gasteiger partial charge is 0.301 e. The van der Waals surface area contributed by atoms with Crippen LogP contribution in [-0.4, -0.2) is 33.6 Å². The minimum absolute atomic E-state index is 0.00144. The van der Waals surface area contributed by atoms with Crippen LogP contribution in [0.4, 0.5) is 5.13 Å². The van der Waals surface area contributed by atoms with E-state index in [4.69, 9.17) is 4.74 Å². The number of aliphatic hydroxyl groups is 1. The Bertz CT molecular complexity index is 1550. The predicted molar refractivity (Wildman–Crippen MR) is 154 cm³/mol. The molecule has 1 amide bonds. The summed E-state index contributed by atoms with van der Waals surface area (Å²) in [4.78, 5) is 28.2. The van der Waals surface area contributed by atoms with Crippen molar-refractivity contribution in [3.05, 3.63) is 106 Å². The van der Waals surface area contributed by atoms with Gasteiger partial charge < -0.3 is 9.84 Å². The lowest BCUT2D eigenvalue weighted by atomic mass is 9.95. The van der Waals surface area contributed by atoms with Crippen molar-refractivity contribution in [3.8, 4) is 5.75 Å². The van der Waals surface area contributed by atoms with E-state index in [1.165, 1.54) is 33.6 Å². The van der Waals surface area contributed by atoms with E-state index >= 15 is 0 Å². The number of aliphatic hydroxyl groups excluding tert-OH is 1. The first-order valence-corrected chi connectivity index (χ1v) is 14.3. The molecule has 7 nitrogen and oxygen atoms in total. The topological polar surface area (TPSA) is 92.6 Å². The summed E-state index contributed by atoms with van der Waals surface area (Å²) in [6.45, 7) is 6.33. The van der Waals surface area contributed by atoms with Crippen LogP contribution in [0.2, 0.25) is 0 Å². The molecule has 39 heavy (non-hydrogen) atoms. The van der Waals surface area contributed by atoms with E-state index < -0.39 is 17.7 Å². The first kappa shape index (κ1) is 26.6. The van der Waals surface area contributed by atoms with Crippen LogP contribution in [0, 0.1) is 13.8 Å². The van der Waals surface area contributed by atoms with E-state index in [2.05, 4.69) is 34.5 Å². The normalized spacial score (nSPS) is 16.6. The average Bonchev–Trinajstić information content (AvgIpc) is 3.51. The molecule has 9 heteroatoms. The number of benzene rings is 3. The molecular weight excluding hydrogens is 530 g/mol. The highest BCUT2D eigenvalue weighted by molar-refractivity contribution is 8.00. The summed E-state index contributed by atoms with van der Waals surface area (Å²) in [5.41, 5.74) is 4.43. The summed E-state index contributed by atoms with van der Waals surface area (Å²) < 4.78 is 6.36. The summed E-state index contributed by atoms with van der Waals surface area (Å²) in [7, 11) is 0. The van der Waals surface area contributed by atoms with Crippen LogP contribution in [0.5, 0.6) is 5.75 Å². The number of hydrogen-bond donors (Lipinski definition) is 1. The Labute approximate surface area is 235 Å². The minimum atomic E-state index is -0.894. The molecule has 1 N–H and O–H groups in total. The molecular formula is C30H27N3O4S2. The number of ether oxygens (including phenoxy) is 1. The van der Waals surface area contributed by atoms with Crippen molar-refractivity contribution in [1.29, 1.82) is 0 Å². The molecule has 2 heterocycles. The van der Waals surface area contributed by atoms with Crippen LogP contribution in [0.25, 0.3) is 5.76 Å². The zero-order chi connectivity index (χ0) is 27.5. The van der Waals surface area contributed by atoms with Crippen molar-refractivity contribution in [1.82, 2.24) is 10.2 Å². The molecule has 0 aliphatic carbocycles. The third-order valence-electron chi connectivity index (χ3n) is 6.34. The van der Waals surface area contributed by atoms with Crippen LogP contribution in [0.1, 0.15) is 40.8 Å². The summed E-state index contributed by atoms with van der Waals surface area (Å²) in [5.74, 6) is -0.476. The van der Waals surface area contributed by atoms with Crippen LogP contribution in [0.15, 0.2) is 82.7 Å². The third kappa shape index (κ3) is 5.60. The number of nitrogens with zero attached hydrogens (tertiary/aromatic N) is 3. The first-order chi connectivity index (χ1) is 18.9. The molecule has 1 fully saturated rings. The van der Waals surface area contributed by atoms with Gasteiger partial charge in [-0.2, -0.15) is 0 Å². The molecule has 1 aromatic heterocycles. The number of aromatic nitrogens is 2. The summed E-state index contributed by atoms with van der Waals surface area (Å²) in [5, 5.41) is 20.2. The molecule has 1 aliphatic rings. The largest absolute Gasteiger partial charge is 0.507 e. The van der Waals surface area contributed by atoms with Gasteiger partial charge in [0, 0.05) is 11.3 Å². The predicted octanol–water partition coefficient (Wildman–Crippen LogP) is 6.47. The molecule has 0 spiro atoms. The highest BCUT2D eigenvalue weighted by atomic mass is 32.2. The van der Waals surface area contributed by atoms with Gasteiger partial charge in [-0.3, -0.25) is 14.5 Å². The fourth-order valence-corrected chi connectivity index (χ4v) is 6.16. The van der Waals surface area contributed by atoms with Gasteiger partial charge in [0.2, 0.25) is 5.13 Å². The maximum atomic E-state index is 13.5. The number of ketones is 1. The van der Waals surface area contributed by atoms with Gasteiger partial charge in [-0.1, -0.05) is 94.9 Å². The van der Waals surface area contributed by atoms with E-state index in [1.807, 2.05) is 45.0 Å². The van der Waals surface area contributed by atoms with Crippen molar-refractivity contribution in [2.45, 2.75) is 36.9 Å². The Kier molecular flexibility index (Phi) is 7.81. The maximum absolute atomic E-state index is 13.5. The quantitative estimate of drug-likeness (QED) is 0.0872. The number of carbonyl (C=O) groups is 2. The molecule has 0 saturated carbocycles. The maximum Gasteiger partial charge on any atom is 0.301 e. The molecule has 3 aromatic carbocycles. The summed E-state index contributed by atoms with van der Waals surface area (Å²) in [6, 6.07) is 21.7. The van der Waals surface area contributed by atoms with Gasteiger partial charge in [-0.15, -0.1) is 10.2 Å². The van der Waals surface area contributed by atoms with E-state index in [0.29, 0.717) is 38.7 Å². The number of aryl methyl sites for hydroxylation is 2. The highest BCUT2D eigenvalue weighted by Gasteiger charge is 2.48. The van der Waals surface area contributed by atoms with E-state index in [1.54, 1.807) is 24.3 Å². The number of thioether (sulfide) groups is 1. The van der Waals surface area contributed by atoms with Crippen LogP contribution in [-0.2, 0) is 15.3 Å². The first-order valence-electron chi connectivity index (χ1n) is 12.5. The lowest BCUT2D eigenvalue weighted by molar-refractivity contribution is -0.132. The number of Topliss-reactive ketones (excluding diaryl/α,β-unsaturated/α-hetero) is 1. The highest BCUT2D eigenvalue weighted by Crippen LogP contribution is 2.44. The average molecular weight is 558 g/mol. The Balaban J connectivity index is 1.54. The van der Waals surface area contributed by atoms with Crippen molar-refractivity contribution < 1.29 is 19.4 Å². The van der Waals surface area contributed by atoms with E-state index in [-0.39, 0.29) is 11.3 Å². The number of rotatable bonds is 8. The van der Waals surface area contributed by atoms with Gasteiger partial charge in [0.15, 0.2) is 4.34 Å². The van der Waals surface area contributed by atoms with Crippen LogP contribution >= 0.6 is 23.1 Å². The summed E-state index contributed by atoms with van der Waals surface area (Å²) >= 11 is 2.75. The Hall–Kier alpha value is -3.95. The zero-order valence-electron chi connectivity index (χ0n) is 21.7. The SMILES string of the molecule is CCOc1cccc(C2/C(=C(\O)c3ccc(C)cc3)C(=O)C(=O)N2c2nnc(SCc3ccc(C)cc3)s2)c1. The molecule has 1 aliphatic heterocycles. The summed E-state index contributed by atoms with van der Waals surface area (Å²) in [6.07, 6.45) is 0. The number of carbonyl (C=O) groups excluding carboxylic acids is 2. The fourth-order valence-electron chi connectivity index (χ4n) is 4.34. The number of hydrogen-bond acceptors (Lipinski definition) is 8. The zero-order valence-corrected chi connectivity index (χ0v) is 23.4. The van der Waals surface area contributed by atoms with E-state index in [9.17, 15) is 14.7 Å². The Morgan fingerprint density at radius 3 is 2.38 bits per heavy atom. The van der Waals surface area contributed by atoms with Crippen molar-refractivity contribution in [3.63, 3.8) is 0 Å². The third-order valence-corrected chi connectivity index (χ3v) is 8.47. The second kappa shape index (κ2) is 11.4. The number of amides is 1. The fraction of sp³-hybridized carbons (Fsp3) is 0.200. The van der Waals surface area contributed by atoms with Gasteiger partial charge in [0.25, 0.3) is 5.78 Å².